The van der Waals surface area contributed by atoms with Crippen LogP contribution in [0, 0.1) is 0 Å². The van der Waals surface area contributed by atoms with Crippen LogP contribution in [0.4, 0.5) is 0 Å². The summed E-state index contributed by atoms with van der Waals surface area (Å²) in [6, 6.07) is 0. The van der Waals surface area contributed by atoms with Gasteiger partial charge in [0.25, 0.3) is 0 Å². The zero-order chi connectivity index (χ0) is 5.98. The number of nitrogens with zero attached hydrogens (tertiary/aromatic N) is 1. The first-order valence-corrected chi connectivity index (χ1v) is 2.84. The molecule has 0 radical (unpaired) electrons. The van der Waals surface area contributed by atoms with Crippen molar-refractivity contribution in [2.24, 2.45) is 10.7 Å². The third-order valence-electron chi connectivity index (χ3n) is 1.18. The lowest BCUT2D eigenvalue weighted by atomic mass is 10.3. The molecule has 3 nitrogen and oxygen atoms in total. The molecular weight excluding hydrogens is 102 g/mol. The quantitative estimate of drug-likeness (QED) is 0.452. The first-order chi connectivity index (χ1) is 3.79. The van der Waals surface area contributed by atoms with Crippen LogP contribution in [0.15, 0.2) is 4.99 Å². The topological polar surface area (TPSA) is 50.4 Å². The second kappa shape index (κ2) is 2.13. The molecule has 0 aromatic carbocycles. The normalized spacial score (nSPS) is 29.6. The molecule has 0 aliphatic carbocycles. The van der Waals surface area contributed by atoms with E-state index in [2.05, 4.69) is 10.3 Å². The Kier molecular flexibility index (Phi) is 1.48. The first kappa shape index (κ1) is 5.56. The van der Waals surface area contributed by atoms with Crippen molar-refractivity contribution in [3.8, 4) is 0 Å². The van der Waals surface area contributed by atoms with Crippen LogP contribution in [0.25, 0.3) is 0 Å². The number of nitrogens with two attached hydrogens (primary N) is 1. The third-order valence-corrected chi connectivity index (χ3v) is 1.18. The summed E-state index contributed by atoms with van der Waals surface area (Å²) in [6.45, 7) is 2.96. The summed E-state index contributed by atoms with van der Waals surface area (Å²) in [5.74, 6) is 0.774. The Labute approximate surface area is 49.0 Å². The Hall–Kier alpha value is -0.570. The Morgan fingerprint density at radius 2 is 2.62 bits per heavy atom. The molecular formula is C5H11N3. The summed E-state index contributed by atoms with van der Waals surface area (Å²) in [7, 11) is 0. The molecule has 0 aromatic rings. The van der Waals surface area contributed by atoms with Gasteiger partial charge in [0.05, 0.1) is 12.0 Å². The fourth-order valence-electron chi connectivity index (χ4n) is 0.768. The lowest BCUT2D eigenvalue weighted by molar-refractivity contribution is 0.554. The smallest absolute Gasteiger partial charge is 0.0986 e. The van der Waals surface area contributed by atoms with E-state index in [-0.39, 0.29) is 6.17 Å². The van der Waals surface area contributed by atoms with Crippen LogP contribution in [-0.2, 0) is 0 Å². The van der Waals surface area contributed by atoms with Gasteiger partial charge in [0.2, 0.25) is 0 Å². The molecule has 0 aromatic heterocycles. The maximum absolute atomic E-state index is 5.44. The number of rotatable bonds is 0. The fraction of sp³-hybridized carbons (Fsp3) is 0.800. The van der Waals surface area contributed by atoms with Crippen LogP contribution in [0.1, 0.15) is 13.3 Å². The van der Waals surface area contributed by atoms with Gasteiger partial charge in [-0.15, -0.1) is 0 Å². The van der Waals surface area contributed by atoms with Crippen LogP contribution >= 0.6 is 0 Å². The number of hydrogen-bond donors (Lipinski definition) is 2. The molecule has 1 aliphatic heterocycles. The van der Waals surface area contributed by atoms with Crippen LogP contribution in [0.5, 0.6) is 0 Å². The summed E-state index contributed by atoms with van der Waals surface area (Å²) < 4.78 is 0. The van der Waals surface area contributed by atoms with Crippen LogP contribution in [0.3, 0.4) is 0 Å². The second-order valence-electron chi connectivity index (χ2n) is 2.00. The molecule has 1 atom stereocenters. The fourth-order valence-corrected chi connectivity index (χ4v) is 0.768. The standard InChI is InChI=1S/C5H11N3/c1-4-7-3-2-5(6)8-4/h4,7H,2-3H2,1H3,(H2,6,8). The molecule has 0 saturated carbocycles. The predicted octanol–water partition coefficient (Wildman–Crippen LogP) is -0.317. The van der Waals surface area contributed by atoms with E-state index in [0.29, 0.717) is 0 Å². The van der Waals surface area contributed by atoms with E-state index < -0.39 is 0 Å². The van der Waals surface area contributed by atoms with Gasteiger partial charge in [0.15, 0.2) is 0 Å². The van der Waals surface area contributed by atoms with E-state index in [1.807, 2.05) is 6.92 Å². The number of hydrogen-bond acceptors (Lipinski definition) is 3. The van der Waals surface area contributed by atoms with Crippen molar-refractivity contribution in [3.05, 3.63) is 0 Å². The highest BCUT2D eigenvalue weighted by atomic mass is 15.1. The van der Waals surface area contributed by atoms with Crippen molar-refractivity contribution < 1.29 is 0 Å². The maximum atomic E-state index is 5.44. The van der Waals surface area contributed by atoms with Gasteiger partial charge in [-0.2, -0.15) is 0 Å². The Balaban J connectivity index is 2.50. The van der Waals surface area contributed by atoms with E-state index in [4.69, 9.17) is 5.73 Å². The van der Waals surface area contributed by atoms with Gasteiger partial charge in [-0.05, 0) is 6.92 Å². The monoisotopic (exact) mass is 113 g/mol. The van der Waals surface area contributed by atoms with Gasteiger partial charge in [0.1, 0.15) is 0 Å². The number of aliphatic imine (C=N–C) groups is 1. The lowest BCUT2D eigenvalue weighted by Crippen LogP contribution is -2.35. The highest BCUT2D eigenvalue weighted by molar-refractivity contribution is 5.81. The molecule has 0 amide bonds. The Morgan fingerprint density at radius 3 is 3.00 bits per heavy atom. The van der Waals surface area contributed by atoms with Crippen LogP contribution in [0.2, 0.25) is 0 Å². The second-order valence-corrected chi connectivity index (χ2v) is 2.00. The minimum Gasteiger partial charge on any atom is -0.387 e. The highest BCUT2D eigenvalue weighted by Gasteiger charge is 2.04. The van der Waals surface area contributed by atoms with Gasteiger partial charge in [-0.25, -0.2) is 0 Å². The third kappa shape index (κ3) is 1.20. The number of amidine groups is 1. The summed E-state index contributed by atoms with van der Waals surface area (Å²) in [4.78, 5) is 4.07. The summed E-state index contributed by atoms with van der Waals surface area (Å²) in [5, 5.41) is 3.14. The average Bonchev–Trinajstić information content (AvgIpc) is 1.64. The molecule has 8 heavy (non-hydrogen) atoms. The molecule has 3 N–H and O–H groups in total. The van der Waals surface area contributed by atoms with Gasteiger partial charge in [-0.3, -0.25) is 10.3 Å². The molecule has 46 valence electrons. The number of nitrogens with one attached hydrogen (secondary N) is 1. The van der Waals surface area contributed by atoms with E-state index in [1.165, 1.54) is 0 Å². The summed E-state index contributed by atoms with van der Waals surface area (Å²) >= 11 is 0. The molecule has 3 heteroatoms. The lowest BCUT2D eigenvalue weighted by Gasteiger charge is -2.15. The van der Waals surface area contributed by atoms with Crippen LogP contribution in [-0.4, -0.2) is 18.5 Å². The first-order valence-electron chi connectivity index (χ1n) is 2.84. The molecule has 0 spiro atoms. The molecule has 1 aliphatic rings. The van der Waals surface area contributed by atoms with Crippen molar-refractivity contribution >= 4 is 5.84 Å². The average molecular weight is 113 g/mol. The molecule has 0 bridgehead atoms. The van der Waals surface area contributed by atoms with E-state index in [0.717, 1.165) is 18.8 Å². The van der Waals surface area contributed by atoms with Crippen molar-refractivity contribution in [1.82, 2.24) is 5.32 Å². The van der Waals surface area contributed by atoms with Crippen molar-refractivity contribution in [2.45, 2.75) is 19.5 Å². The van der Waals surface area contributed by atoms with Crippen LogP contribution < -0.4 is 11.1 Å². The van der Waals surface area contributed by atoms with Gasteiger partial charge in [0, 0.05) is 13.0 Å². The molecule has 0 saturated heterocycles. The Bertz CT molecular complexity index is 108. The van der Waals surface area contributed by atoms with Gasteiger partial charge >= 0.3 is 0 Å². The molecule has 1 rings (SSSR count). The molecule has 1 heterocycles. The summed E-state index contributed by atoms with van der Waals surface area (Å²) in [5.41, 5.74) is 5.44. The minimum atomic E-state index is 0.226. The zero-order valence-electron chi connectivity index (χ0n) is 5.02. The Morgan fingerprint density at radius 1 is 1.88 bits per heavy atom. The van der Waals surface area contributed by atoms with Crippen molar-refractivity contribution in [3.63, 3.8) is 0 Å². The van der Waals surface area contributed by atoms with E-state index in [9.17, 15) is 0 Å². The SMILES string of the molecule is CC1N=C(N)CCN1. The zero-order valence-corrected chi connectivity index (χ0v) is 5.02. The van der Waals surface area contributed by atoms with E-state index in [1.54, 1.807) is 0 Å². The molecule has 0 fully saturated rings. The largest absolute Gasteiger partial charge is 0.387 e. The maximum Gasteiger partial charge on any atom is 0.0986 e. The molecule has 1 unspecified atom stereocenters. The predicted molar refractivity (Wildman–Crippen MR) is 33.7 cm³/mol. The van der Waals surface area contributed by atoms with Gasteiger partial charge < -0.3 is 5.73 Å². The van der Waals surface area contributed by atoms with E-state index >= 15 is 0 Å². The highest BCUT2D eigenvalue weighted by Crippen LogP contribution is 1.92. The summed E-state index contributed by atoms with van der Waals surface area (Å²) in [6.07, 6.45) is 1.12. The van der Waals surface area contributed by atoms with Gasteiger partial charge in [-0.1, -0.05) is 0 Å². The van der Waals surface area contributed by atoms with Crippen molar-refractivity contribution in [1.29, 1.82) is 0 Å². The minimum absolute atomic E-state index is 0.226. The van der Waals surface area contributed by atoms with Crippen molar-refractivity contribution in [2.75, 3.05) is 6.54 Å².